The molecule has 0 fully saturated rings. The first-order chi connectivity index (χ1) is 6.82. The first-order valence-corrected chi connectivity index (χ1v) is 4.73. The van der Waals surface area contributed by atoms with E-state index < -0.39 is 17.9 Å². The van der Waals surface area contributed by atoms with Crippen molar-refractivity contribution in [1.29, 1.82) is 0 Å². The maximum absolute atomic E-state index is 11.5. The van der Waals surface area contributed by atoms with Crippen LogP contribution in [-0.2, 0) is 4.79 Å². The highest BCUT2D eigenvalue weighted by Crippen LogP contribution is 2.12. The van der Waals surface area contributed by atoms with E-state index >= 15 is 0 Å². The van der Waals surface area contributed by atoms with Crippen LogP contribution in [0.15, 0.2) is 0 Å². The highest BCUT2D eigenvalue weighted by molar-refractivity contribution is 5.76. The molecule has 0 aromatic carbocycles. The van der Waals surface area contributed by atoms with Crippen LogP contribution >= 0.6 is 0 Å². The second-order valence-electron chi connectivity index (χ2n) is 3.61. The van der Waals surface area contributed by atoms with E-state index in [2.05, 4.69) is 5.32 Å². The summed E-state index contributed by atoms with van der Waals surface area (Å²) < 4.78 is 0. The van der Waals surface area contributed by atoms with Crippen LogP contribution in [0.5, 0.6) is 0 Å². The molecule has 0 aliphatic heterocycles. The summed E-state index contributed by atoms with van der Waals surface area (Å²) in [6.07, 6.45) is 0. The standard InChI is InChI=1S/C9H19N3O3/c1-6(8(13)14)7(2)12(11(4)5)9(15)10-3/h6-7H,1-5H3,(H,10,15)(H,13,14). The second-order valence-corrected chi connectivity index (χ2v) is 3.61. The number of rotatable bonds is 4. The Morgan fingerprint density at radius 2 is 1.73 bits per heavy atom. The van der Waals surface area contributed by atoms with Crippen LogP contribution < -0.4 is 5.32 Å². The minimum Gasteiger partial charge on any atom is -0.481 e. The smallest absolute Gasteiger partial charge is 0.331 e. The molecule has 0 heterocycles. The van der Waals surface area contributed by atoms with E-state index in [1.165, 1.54) is 12.1 Å². The van der Waals surface area contributed by atoms with Gasteiger partial charge in [0.2, 0.25) is 0 Å². The average Bonchev–Trinajstić information content (AvgIpc) is 2.15. The highest BCUT2D eigenvalue weighted by atomic mass is 16.4. The lowest BCUT2D eigenvalue weighted by Crippen LogP contribution is -2.54. The molecule has 0 bridgehead atoms. The number of aliphatic carboxylic acids is 1. The van der Waals surface area contributed by atoms with Crippen LogP contribution in [0.1, 0.15) is 13.8 Å². The van der Waals surface area contributed by atoms with E-state index in [9.17, 15) is 9.59 Å². The van der Waals surface area contributed by atoms with Crippen molar-refractivity contribution in [1.82, 2.24) is 15.3 Å². The Morgan fingerprint density at radius 3 is 2.00 bits per heavy atom. The molecule has 6 nitrogen and oxygen atoms in total. The summed E-state index contributed by atoms with van der Waals surface area (Å²) in [5, 5.41) is 14.3. The maximum Gasteiger partial charge on any atom is 0.331 e. The number of nitrogens with zero attached hydrogens (tertiary/aromatic N) is 2. The van der Waals surface area contributed by atoms with E-state index in [1.807, 2.05) is 0 Å². The molecule has 0 saturated heterocycles. The van der Waals surface area contributed by atoms with Crippen molar-refractivity contribution in [2.24, 2.45) is 5.92 Å². The number of amides is 2. The SMILES string of the molecule is CNC(=O)N(C(C)C(C)C(=O)O)N(C)C. The largest absolute Gasteiger partial charge is 0.481 e. The monoisotopic (exact) mass is 217 g/mol. The Morgan fingerprint density at radius 1 is 1.27 bits per heavy atom. The lowest BCUT2D eigenvalue weighted by atomic mass is 10.0. The quantitative estimate of drug-likeness (QED) is 0.660. The minimum absolute atomic E-state index is 0.319. The topological polar surface area (TPSA) is 72.9 Å². The van der Waals surface area contributed by atoms with Crippen LogP contribution in [0.4, 0.5) is 4.79 Å². The molecule has 0 aromatic rings. The molecule has 0 rings (SSSR count). The van der Waals surface area contributed by atoms with Gasteiger partial charge in [-0.25, -0.2) is 9.80 Å². The lowest BCUT2D eigenvalue weighted by molar-refractivity contribution is -0.144. The van der Waals surface area contributed by atoms with Gasteiger partial charge in [-0.3, -0.25) is 9.80 Å². The van der Waals surface area contributed by atoms with Crippen LogP contribution in [0.25, 0.3) is 0 Å². The van der Waals surface area contributed by atoms with Gasteiger partial charge in [0.15, 0.2) is 0 Å². The normalized spacial score (nSPS) is 14.5. The van der Waals surface area contributed by atoms with Crippen molar-refractivity contribution < 1.29 is 14.7 Å². The van der Waals surface area contributed by atoms with E-state index in [4.69, 9.17) is 5.11 Å². The zero-order valence-corrected chi connectivity index (χ0v) is 9.81. The van der Waals surface area contributed by atoms with Gasteiger partial charge >= 0.3 is 12.0 Å². The summed E-state index contributed by atoms with van der Waals surface area (Å²) >= 11 is 0. The summed E-state index contributed by atoms with van der Waals surface area (Å²) in [7, 11) is 4.90. The van der Waals surface area contributed by atoms with Gasteiger partial charge in [-0.2, -0.15) is 0 Å². The third-order valence-electron chi connectivity index (χ3n) is 2.35. The number of carboxylic acid groups (broad SMARTS) is 1. The van der Waals surface area contributed by atoms with E-state index in [0.29, 0.717) is 0 Å². The molecular weight excluding hydrogens is 198 g/mol. The van der Waals surface area contributed by atoms with Crippen molar-refractivity contribution in [3.63, 3.8) is 0 Å². The molecular formula is C9H19N3O3. The summed E-state index contributed by atoms with van der Waals surface area (Å²) in [5.41, 5.74) is 0. The van der Waals surface area contributed by atoms with Crippen LogP contribution in [0, 0.1) is 5.92 Å². The van der Waals surface area contributed by atoms with Crippen molar-refractivity contribution in [2.45, 2.75) is 19.9 Å². The van der Waals surface area contributed by atoms with E-state index in [-0.39, 0.29) is 6.03 Å². The number of hydrogen-bond acceptors (Lipinski definition) is 3. The molecule has 0 saturated carbocycles. The molecule has 15 heavy (non-hydrogen) atoms. The fraction of sp³-hybridized carbons (Fsp3) is 0.778. The Kier molecular flexibility index (Phi) is 5.07. The molecule has 0 radical (unpaired) electrons. The van der Waals surface area contributed by atoms with Gasteiger partial charge in [-0.1, -0.05) is 0 Å². The number of nitrogens with one attached hydrogen (secondary N) is 1. The molecule has 0 spiro atoms. The first-order valence-electron chi connectivity index (χ1n) is 4.73. The van der Waals surface area contributed by atoms with Crippen molar-refractivity contribution in [3.05, 3.63) is 0 Å². The third-order valence-corrected chi connectivity index (χ3v) is 2.35. The minimum atomic E-state index is -0.918. The van der Waals surface area contributed by atoms with Gasteiger partial charge in [-0.05, 0) is 13.8 Å². The molecule has 2 amide bonds. The number of hydrazine groups is 1. The second kappa shape index (κ2) is 5.55. The number of carbonyl (C=O) groups is 2. The molecule has 0 aliphatic rings. The van der Waals surface area contributed by atoms with Gasteiger partial charge in [0.25, 0.3) is 0 Å². The van der Waals surface area contributed by atoms with Crippen LogP contribution in [-0.4, -0.2) is 54.3 Å². The van der Waals surface area contributed by atoms with Gasteiger partial charge in [0, 0.05) is 21.1 Å². The Balaban J connectivity index is 4.77. The van der Waals surface area contributed by atoms with Crippen molar-refractivity contribution in [3.8, 4) is 0 Å². The number of hydrogen-bond donors (Lipinski definition) is 2. The summed E-state index contributed by atoms with van der Waals surface area (Å²) in [6, 6.07) is -0.724. The predicted octanol–water partition coefficient (Wildman–Crippen LogP) is 0.214. The third kappa shape index (κ3) is 3.39. The molecule has 2 atom stereocenters. The molecule has 0 aliphatic carbocycles. The zero-order valence-electron chi connectivity index (χ0n) is 9.81. The van der Waals surface area contributed by atoms with Gasteiger partial charge < -0.3 is 10.4 Å². The zero-order chi connectivity index (χ0) is 12.2. The van der Waals surface area contributed by atoms with Crippen LogP contribution in [0.3, 0.4) is 0 Å². The molecule has 2 unspecified atom stereocenters. The maximum atomic E-state index is 11.5. The average molecular weight is 217 g/mol. The predicted molar refractivity (Wildman–Crippen MR) is 56.2 cm³/mol. The fourth-order valence-corrected chi connectivity index (χ4v) is 1.26. The summed E-state index contributed by atoms with van der Waals surface area (Å²) in [6.45, 7) is 3.28. The molecule has 2 N–H and O–H groups in total. The van der Waals surface area contributed by atoms with Crippen molar-refractivity contribution >= 4 is 12.0 Å². The molecule has 6 heteroatoms. The lowest BCUT2D eigenvalue weighted by Gasteiger charge is -2.35. The molecule has 0 aromatic heterocycles. The first kappa shape index (κ1) is 13.7. The van der Waals surface area contributed by atoms with Gasteiger partial charge in [0.1, 0.15) is 0 Å². The fourth-order valence-electron chi connectivity index (χ4n) is 1.26. The van der Waals surface area contributed by atoms with E-state index in [1.54, 1.807) is 33.0 Å². The Bertz CT molecular complexity index is 243. The molecule has 88 valence electrons. The Hall–Kier alpha value is -1.30. The number of urea groups is 1. The van der Waals surface area contributed by atoms with Crippen molar-refractivity contribution in [2.75, 3.05) is 21.1 Å². The number of carboxylic acids is 1. The van der Waals surface area contributed by atoms with E-state index in [0.717, 1.165) is 0 Å². The Labute approximate surface area is 89.8 Å². The van der Waals surface area contributed by atoms with Gasteiger partial charge in [0.05, 0.1) is 12.0 Å². The van der Waals surface area contributed by atoms with Gasteiger partial charge in [-0.15, -0.1) is 0 Å². The summed E-state index contributed by atoms with van der Waals surface area (Å²) in [4.78, 5) is 22.3. The summed E-state index contributed by atoms with van der Waals surface area (Å²) in [5.74, 6) is -1.54. The number of carbonyl (C=O) groups excluding carboxylic acids is 1. The van der Waals surface area contributed by atoms with Crippen LogP contribution in [0.2, 0.25) is 0 Å². The highest BCUT2D eigenvalue weighted by Gasteiger charge is 2.29.